The minimum Gasteiger partial charge on any atom is -0.484 e. The second-order valence-corrected chi connectivity index (χ2v) is 8.75. The molecule has 0 aliphatic carbocycles. The number of hydrogen-bond acceptors (Lipinski definition) is 5. The van der Waals surface area contributed by atoms with Crippen LogP contribution in [0.3, 0.4) is 0 Å². The van der Waals surface area contributed by atoms with Gasteiger partial charge in [0.15, 0.2) is 6.61 Å². The zero-order valence-electron chi connectivity index (χ0n) is 13.7. The second kappa shape index (κ2) is 5.83. The average Bonchev–Trinajstić information content (AvgIpc) is 2.69. The van der Waals surface area contributed by atoms with Gasteiger partial charge in [0.2, 0.25) is 10.9 Å². The zero-order valence-corrected chi connectivity index (χ0v) is 14.5. The SMILES string of the molecule is CC1(C)[C@H](C(=O)O)N2C(=O)CC2(NC(=O)COc2ccccc2)[S@@]1=O. The Morgan fingerprint density at radius 2 is 2.00 bits per heavy atom. The van der Waals surface area contributed by atoms with Gasteiger partial charge >= 0.3 is 5.97 Å². The number of para-hydroxylation sites is 1. The van der Waals surface area contributed by atoms with Crippen molar-refractivity contribution in [2.75, 3.05) is 6.61 Å². The van der Waals surface area contributed by atoms with E-state index >= 15 is 0 Å². The molecule has 2 fully saturated rings. The molecule has 1 unspecified atom stereocenters. The number of carbonyl (C=O) groups excluding carboxylic acids is 2. The summed E-state index contributed by atoms with van der Waals surface area (Å²) in [5, 5.41) is 12.0. The quantitative estimate of drug-likeness (QED) is 0.713. The molecule has 134 valence electrons. The molecule has 1 aromatic rings. The van der Waals surface area contributed by atoms with Crippen molar-refractivity contribution in [1.82, 2.24) is 10.2 Å². The number of carboxylic acids is 1. The predicted molar refractivity (Wildman–Crippen MR) is 87.9 cm³/mol. The molecule has 3 atom stereocenters. The molecule has 0 aromatic heterocycles. The van der Waals surface area contributed by atoms with Crippen LogP contribution in [-0.2, 0) is 25.2 Å². The van der Waals surface area contributed by atoms with Crippen LogP contribution >= 0.6 is 0 Å². The Labute approximate surface area is 146 Å². The van der Waals surface area contributed by atoms with Crippen LogP contribution in [0.2, 0.25) is 0 Å². The minimum atomic E-state index is -1.78. The Balaban J connectivity index is 1.77. The highest BCUT2D eigenvalue weighted by molar-refractivity contribution is 7.88. The van der Waals surface area contributed by atoms with Crippen LogP contribution in [0.5, 0.6) is 5.75 Å². The van der Waals surface area contributed by atoms with E-state index in [1.165, 1.54) is 13.8 Å². The number of nitrogens with one attached hydrogen (secondary N) is 1. The smallest absolute Gasteiger partial charge is 0.328 e. The van der Waals surface area contributed by atoms with Gasteiger partial charge in [0.05, 0.1) is 22.0 Å². The van der Waals surface area contributed by atoms with Gasteiger partial charge in [-0.1, -0.05) is 18.2 Å². The molecule has 0 bridgehead atoms. The average molecular weight is 366 g/mol. The standard InChI is InChI=1S/C16H18N2O6S/c1-15(2)13(14(21)22)18-12(20)8-16(18,25(15)23)17-11(19)9-24-10-6-4-3-5-7-10/h3-7,13H,8-9H2,1-2H3,(H,17,19)(H,21,22)/t13-,16?,25+/m0/s1. The Morgan fingerprint density at radius 1 is 1.36 bits per heavy atom. The largest absolute Gasteiger partial charge is 0.484 e. The summed E-state index contributed by atoms with van der Waals surface area (Å²) in [7, 11) is -1.78. The normalized spacial score (nSPS) is 29.5. The second-order valence-electron chi connectivity index (χ2n) is 6.49. The molecule has 25 heavy (non-hydrogen) atoms. The molecule has 2 aliphatic rings. The molecule has 2 aliphatic heterocycles. The number of benzene rings is 1. The first-order chi connectivity index (χ1) is 11.7. The van der Waals surface area contributed by atoms with Gasteiger partial charge in [-0.25, -0.2) is 4.79 Å². The van der Waals surface area contributed by atoms with Crippen LogP contribution in [0.25, 0.3) is 0 Å². The summed E-state index contributed by atoms with van der Waals surface area (Å²) in [6, 6.07) is 7.42. The maximum Gasteiger partial charge on any atom is 0.328 e. The van der Waals surface area contributed by atoms with Crippen molar-refractivity contribution in [2.24, 2.45) is 0 Å². The topological polar surface area (TPSA) is 113 Å². The van der Waals surface area contributed by atoms with Gasteiger partial charge in [0, 0.05) is 0 Å². The molecule has 2 saturated heterocycles. The molecule has 1 aromatic carbocycles. The molecule has 2 heterocycles. The number of carboxylic acid groups (broad SMARTS) is 1. The van der Waals surface area contributed by atoms with Crippen LogP contribution in [0.1, 0.15) is 20.3 Å². The number of ether oxygens (including phenoxy) is 1. The van der Waals surface area contributed by atoms with Crippen LogP contribution in [0.15, 0.2) is 30.3 Å². The number of β-lactam (4-membered cyclic amide) rings is 1. The Kier molecular flexibility index (Phi) is 4.06. The van der Waals surface area contributed by atoms with E-state index in [0.717, 1.165) is 4.90 Å². The summed E-state index contributed by atoms with van der Waals surface area (Å²) in [6.07, 6.45) is -0.191. The van der Waals surface area contributed by atoms with E-state index in [1.54, 1.807) is 30.3 Å². The maximum atomic E-state index is 12.9. The summed E-state index contributed by atoms with van der Waals surface area (Å²) in [4.78, 5) is 35.3. The number of rotatable bonds is 5. The zero-order chi connectivity index (χ0) is 18.4. The highest BCUT2D eigenvalue weighted by atomic mass is 32.2. The number of aliphatic carboxylic acids is 1. The van der Waals surface area contributed by atoms with Crippen LogP contribution < -0.4 is 10.1 Å². The van der Waals surface area contributed by atoms with Crippen LogP contribution in [0, 0.1) is 0 Å². The molecule has 0 radical (unpaired) electrons. The highest BCUT2D eigenvalue weighted by Gasteiger charge is 2.72. The summed E-state index contributed by atoms with van der Waals surface area (Å²) >= 11 is 0. The van der Waals surface area contributed by atoms with Crippen LogP contribution in [-0.4, -0.2) is 54.4 Å². The monoisotopic (exact) mass is 366 g/mol. The number of hydrogen-bond donors (Lipinski definition) is 2. The van der Waals surface area contributed by atoms with Crippen molar-refractivity contribution < 1.29 is 28.4 Å². The van der Waals surface area contributed by atoms with Gasteiger partial charge in [-0.2, -0.15) is 0 Å². The van der Waals surface area contributed by atoms with Gasteiger partial charge in [0.25, 0.3) is 5.91 Å². The molecule has 8 nitrogen and oxygen atoms in total. The van der Waals surface area contributed by atoms with E-state index in [0.29, 0.717) is 5.75 Å². The highest BCUT2D eigenvalue weighted by Crippen LogP contribution is 2.49. The van der Waals surface area contributed by atoms with E-state index in [9.17, 15) is 23.7 Å². The molecule has 0 saturated carbocycles. The molecule has 2 N–H and O–H groups in total. The lowest BCUT2D eigenvalue weighted by molar-refractivity contribution is -0.166. The van der Waals surface area contributed by atoms with Crippen molar-refractivity contribution in [2.45, 2.75) is 36.1 Å². The molecule has 3 rings (SSSR count). The lowest BCUT2D eigenvalue weighted by Gasteiger charge is -2.46. The number of nitrogens with zero attached hydrogens (tertiary/aromatic N) is 1. The van der Waals surface area contributed by atoms with Gasteiger partial charge in [-0.3, -0.25) is 18.7 Å². The minimum absolute atomic E-state index is 0.191. The summed E-state index contributed by atoms with van der Waals surface area (Å²) < 4.78 is 17.0. The van der Waals surface area contributed by atoms with Crippen molar-refractivity contribution in [3.05, 3.63) is 30.3 Å². The fraction of sp³-hybridized carbons (Fsp3) is 0.438. The van der Waals surface area contributed by atoms with Gasteiger partial charge in [0.1, 0.15) is 11.8 Å². The Bertz CT molecular complexity index is 765. The molecule has 9 heteroatoms. The van der Waals surface area contributed by atoms with Gasteiger partial charge in [-0.15, -0.1) is 0 Å². The van der Waals surface area contributed by atoms with Crippen molar-refractivity contribution in [1.29, 1.82) is 0 Å². The summed E-state index contributed by atoms with van der Waals surface area (Å²) in [6.45, 7) is 2.70. The summed E-state index contributed by atoms with van der Waals surface area (Å²) in [5.41, 5.74) is 0. The van der Waals surface area contributed by atoms with Crippen molar-refractivity contribution >= 4 is 28.6 Å². The third-order valence-corrected chi connectivity index (χ3v) is 6.67. The number of amides is 2. The number of carbonyl (C=O) groups is 3. The van der Waals surface area contributed by atoms with E-state index in [-0.39, 0.29) is 13.0 Å². The molecular formula is C16H18N2O6S. The van der Waals surface area contributed by atoms with E-state index in [4.69, 9.17) is 4.74 Å². The molecule has 0 spiro atoms. The lowest BCUT2D eigenvalue weighted by Crippen LogP contribution is -2.72. The fourth-order valence-corrected chi connectivity index (χ4v) is 5.44. The molecular weight excluding hydrogens is 348 g/mol. The summed E-state index contributed by atoms with van der Waals surface area (Å²) in [5.74, 6) is -1.77. The van der Waals surface area contributed by atoms with E-state index in [2.05, 4.69) is 5.32 Å². The van der Waals surface area contributed by atoms with Gasteiger partial charge < -0.3 is 15.2 Å². The van der Waals surface area contributed by atoms with Gasteiger partial charge in [-0.05, 0) is 26.0 Å². The first kappa shape index (κ1) is 17.4. The third-order valence-electron chi connectivity index (χ3n) is 4.43. The lowest BCUT2D eigenvalue weighted by atomic mass is 9.96. The fourth-order valence-electron chi connectivity index (χ4n) is 3.32. The number of fused-ring (bicyclic) bond motifs is 1. The maximum absolute atomic E-state index is 12.9. The van der Waals surface area contributed by atoms with Crippen molar-refractivity contribution in [3.8, 4) is 5.75 Å². The Morgan fingerprint density at radius 3 is 2.56 bits per heavy atom. The molecule has 2 amide bonds. The van der Waals surface area contributed by atoms with E-state index < -0.39 is 44.4 Å². The third kappa shape index (κ3) is 2.58. The van der Waals surface area contributed by atoms with Crippen LogP contribution in [0.4, 0.5) is 0 Å². The van der Waals surface area contributed by atoms with E-state index in [1.807, 2.05) is 0 Å². The Hall–Kier alpha value is -2.42. The predicted octanol–water partition coefficient (Wildman–Crippen LogP) is 0.0618. The van der Waals surface area contributed by atoms with Crippen molar-refractivity contribution in [3.63, 3.8) is 0 Å². The first-order valence-electron chi connectivity index (χ1n) is 7.66. The first-order valence-corrected chi connectivity index (χ1v) is 8.81.